The average Bonchev–Trinajstić information content (AvgIpc) is 2.82. The fourth-order valence-corrected chi connectivity index (χ4v) is 2.43. The van der Waals surface area contributed by atoms with Crippen LogP contribution in [-0.2, 0) is 4.74 Å². The van der Waals surface area contributed by atoms with Crippen LogP contribution in [0.15, 0.2) is 36.4 Å². The summed E-state index contributed by atoms with van der Waals surface area (Å²) in [6.45, 7) is 0.799. The zero-order valence-corrected chi connectivity index (χ0v) is 9.02. The highest BCUT2D eigenvalue weighted by atomic mass is 16.5. The summed E-state index contributed by atoms with van der Waals surface area (Å²) in [5.74, 6) is 0.352. The van der Waals surface area contributed by atoms with Crippen LogP contribution in [0, 0.1) is 0 Å². The number of hydrogen-bond donors (Lipinski definition) is 1. The molecule has 0 aliphatic carbocycles. The molecule has 0 radical (unpaired) electrons. The molecule has 82 valence electrons. The maximum atomic E-state index is 9.99. The summed E-state index contributed by atoms with van der Waals surface area (Å²) < 4.78 is 5.67. The standard InChI is InChI=1S/C14H14O2/c15-12-8-7-10-4-1-2-5-11(10)14(12)13-6-3-9-16-13/h1-2,4-5,7-8,13,15H,3,6,9H2. The summed E-state index contributed by atoms with van der Waals surface area (Å²) in [5, 5.41) is 12.3. The van der Waals surface area contributed by atoms with Crippen molar-refractivity contribution >= 4 is 10.8 Å². The molecule has 1 fully saturated rings. The van der Waals surface area contributed by atoms with Gasteiger partial charge < -0.3 is 9.84 Å². The van der Waals surface area contributed by atoms with Gasteiger partial charge in [-0.2, -0.15) is 0 Å². The lowest BCUT2D eigenvalue weighted by Crippen LogP contribution is -1.97. The maximum Gasteiger partial charge on any atom is 0.122 e. The molecule has 1 aliphatic heterocycles. The van der Waals surface area contributed by atoms with Gasteiger partial charge in [-0.05, 0) is 29.7 Å². The molecule has 2 heteroatoms. The van der Waals surface area contributed by atoms with Crippen molar-refractivity contribution in [3.8, 4) is 5.75 Å². The normalized spacial score (nSPS) is 20.4. The molecule has 2 aromatic carbocycles. The smallest absolute Gasteiger partial charge is 0.122 e. The van der Waals surface area contributed by atoms with Gasteiger partial charge in [-0.3, -0.25) is 0 Å². The van der Waals surface area contributed by atoms with Crippen molar-refractivity contribution in [1.82, 2.24) is 0 Å². The third kappa shape index (κ3) is 1.46. The van der Waals surface area contributed by atoms with E-state index < -0.39 is 0 Å². The molecule has 2 nitrogen and oxygen atoms in total. The van der Waals surface area contributed by atoms with Gasteiger partial charge in [0.25, 0.3) is 0 Å². The first kappa shape index (κ1) is 9.67. The molecule has 1 aliphatic rings. The Morgan fingerprint density at radius 3 is 2.81 bits per heavy atom. The minimum absolute atomic E-state index is 0.0612. The Kier molecular flexibility index (Phi) is 2.29. The molecule has 16 heavy (non-hydrogen) atoms. The van der Waals surface area contributed by atoms with E-state index in [9.17, 15) is 5.11 Å². The lowest BCUT2D eigenvalue weighted by atomic mass is 9.98. The largest absolute Gasteiger partial charge is 0.508 e. The van der Waals surface area contributed by atoms with E-state index >= 15 is 0 Å². The van der Waals surface area contributed by atoms with Crippen LogP contribution >= 0.6 is 0 Å². The quantitative estimate of drug-likeness (QED) is 0.788. The summed E-state index contributed by atoms with van der Waals surface area (Å²) in [7, 11) is 0. The summed E-state index contributed by atoms with van der Waals surface area (Å²) in [5.41, 5.74) is 0.954. The third-order valence-electron chi connectivity index (χ3n) is 3.20. The van der Waals surface area contributed by atoms with Gasteiger partial charge in [0.05, 0.1) is 6.10 Å². The van der Waals surface area contributed by atoms with E-state index in [4.69, 9.17) is 4.74 Å². The van der Waals surface area contributed by atoms with Crippen LogP contribution in [0.3, 0.4) is 0 Å². The highest BCUT2D eigenvalue weighted by Crippen LogP contribution is 2.38. The van der Waals surface area contributed by atoms with Crippen molar-refractivity contribution < 1.29 is 9.84 Å². The number of phenols is 1. The average molecular weight is 214 g/mol. The van der Waals surface area contributed by atoms with Gasteiger partial charge in [0.2, 0.25) is 0 Å². The van der Waals surface area contributed by atoms with Gasteiger partial charge in [-0.15, -0.1) is 0 Å². The molecule has 1 heterocycles. The van der Waals surface area contributed by atoms with Crippen molar-refractivity contribution in [1.29, 1.82) is 0 Å². The SMILES string of the molecule is Oc1ccc2ccccc2c1C1CCCO1. The van der Waals surface area contributed by atoms with Crippen molar-refractivity contribution in [2.75, 3.05) is 6.61 Å². The number of aromatic hydroxyl groups is 1. The van der Waals surface area contributed by atoms with Gasteiger partial charge in [0, 0.05) is 12.2 Å². The lowest BCUT2D eigenvalue weighted by Gasteiger charge is -2.14. The lowest BCUT2D eigenvalue weighted by molar-refractivity contribution is 0.111. The zero-order valence-electron chi connectivity index (χ0n) is 9.02. The molecule has 0 amide bonds. The second-order valence-corrected chi connectivity index (χ2v) is 4.22. The molecule has 2 aromatic rings. The van der Waals surface area contributed by atoms with Gasteiger partial charge in [-0.25, -0.2) is 0 Å². The predicted molar refractivity (Wildman–Crippen MR) is 63.5 cm³/mol. The molecular formula is C14H14O2. The minimum Gasteiger partial charge on any atom is -0.508 e. The molecule has 3 rings (SSSR count). The van der Waals surface area contributed by atoms with Crippen LogP contribution in [0.2, 0.25) is 0 Å². The number of fused-ring (bicyclic) bond motifs is 1. The summed E-state index contributed by atoms with van der Waals surface area (Å²) >= 11 is 0. The summed E-state index contributed by atoms with van der Waals surface area (Å²) in [6.07, 6.45) is 2.14. The molecular weight excluding hydrogens is 200 g/mol. The van der Waals surface area contributed by atoms with Crippen LogP contribution in [0.4, 0.5) is 0 Å². The molecule has 0 spiro atoms. The maximum absolute atomic E-state index is 9.99. The molecule has 0 aromatic heterocycles. The van der Waals surface area contributed by atoms with E-state index in [1.54, 1.807) is 6.07 Å². The fraction of sp³-hybridized carbons (Fsp3) is 0.286. The predicted octanol–water partition coefficient (Wildman–Crippen LogP) is 3.40. The Bertz CT molecular complexity index is 513. The fourth-order valence-electron chi connectivity index (χ4n) is 2.43. The first-order chi connectivity index (χ1) is 7.86. The Morgan fingerprint density at radius 2 is 2.00 bits per heavy atom. The Balaban J connectivity index is 2.23. The zero-order chi connectivity index (χ0) is 11.0. The van der Waals surface area contributed by atoms with Gasteiger partial charge in [-0.1, -0.05) is 30.3 Å². The van der Waals surface area contributed by atoms with Crippen molar-refractivity contribution in [2.24, 2.45) is 0 Å². The van der Waals surface area contributed by atoms with Crippen LogP contribution < -0.4 is 0 Å². The molecule has 1 N–H and O–H groups in total. The monoisotopic (exact) mass is 214 g/mol. The van der Waals surface area contributed by atoms with Crippen molar-refractivity contribution in [3.05, 3.63) is 42.0 Å². The Hall–Kier alpha value is -1.54. The number of benzene rings is 2. The van der Waals surface area contributed by atoms with Crippen molar-refractivity contribution in [3.63, 3.8) is 0 Å². The number of hydrogen-bond acceptors (Lipinski definition) is 2. The third-order valence-corrected chi connectivity index (χ3v) is 3.20. The van der Waals surface area contributed by atoms with Crippen molar-refractivity contribution in [2.45, 2.75) is 18.9 Å². The number of rotatable bonds is 1. The number of ether oxygens (including phenoxy) is 1. The summed E-state index contributed by atoms with van der Waals surface area (Å²) in [6, 6.07) is 11.8. The van der Waals surface area contributed by atoms with E-state index in [2.05, 4.69) is 6.07 Å². The van der Waals surface area contributed by atoms with Gasteiger partial charge in [0.15, 0.2) is 0 Å². The topological polar surface area (TPSA) is 29.5 Å². The van der Waals surface area contributed by atoms with Crippen LogP contribution in [0.1, 0.15) is 24.5 Å². The Labute approximate surface area is 94.5 Å². The number of phenolic OH excluding ortho intramolecular Hbond substituents is 1. The molecule has 0 bridgehead atoms. The van der Waals surface area contributed by atoms with Gasteiger partial charge in [0.1, 0.15) is 5.75 Å². The van der Waals surface area contributed by atoms with E-state index in [1.165, 1.54) is 0 Å². The van der Waals surface area contributed by atoms with E-state index in [0.717, 1.165) is 35.8 Å². The minimum atomic E-state index is 0.0612. The molecule has 0 saturated carbocycles. The summed E-state index contributed by atoms with van der Waals surface area (Å²) in [4.78, 5) is 0. The first-order valence-electron chi connectivity index (χ1n) is 5.68. The Morgan fingerprint density at radius 1 is 1.12 bits per heavy atom. The van der Waals surface area contributed by atoms with Crippen LogP contribution in [-0.4, -0.2) is 11.7 Å². The van der Waals surface area contributed by atoms with Crippen LogP contribution in [0.25, 0.3) is 10.8 Å². The molecule has 1 saturated heterocycles. The van der Waals surface area contributed by atoms with Gasteiger partial charge >= 0.3 is 0 Å². The van der Waals surface area contributed by atoms with Crippen LogP contribution in [0.5, 0.6) is 5.75 Å². The van der Waals surface area contributed by atoms with E-state index in [1.807, 2.05) is 24.3 Å². The van der Waals surface area contributed by atoms with E-state index in [-0.39, 0.29) is 6.10 Å². The second kappa shape index (κ2) is 3.80. The molecule has 1 unspecified atom stereocenters. The highest BCUT2D eigenvalue weighted by Gasteiger charge is 2.22. The second-order valence-electron chi connectivity index (χ2n) is 4.22. The van der Waals surface area contributed by atoms with E-state index in [0.29, 0.717) is 5.75 Å². The highest BCUT2D eigenvalue weighted by molar-refractivity contribution is 5.88. The molecule has 1 atom stereocenters. The first-order valence-corrected chi connectivity index (χ1v) is 5.68.